The zero-order chi connectivity index (χ0) is 9.52. The molecule has 0 nitrogen and oxygen atoms in total. The van der Waals surface area contributed by atoms with Crippen molar-refractivity contribution in [3.63, 3.8) is 0 Å². The third-order valence-electron chi connectivity index (χ3n) is 1.79. The maximum atomic E-state index is 3.44. The van der Waals surface area contributed by atoms with Gasteiger partial charge in [-0.3, -0.25) is 0 Å². The van der Waals surface area contributed by atoms with E-state index in [0.29, 0.717) is 0 Å². The highest BCUT2D eigenvalue weighted by atomic mass is 79.9. The number of halogens is 1. The normalized spacial score (nSPS) is 10.3. The molecule has 0 aliphatic rings. The van der Waals surface area contributed by atoms with Crippen molar-refractivity contribution >= 4 is 27.7 Å². The fourth-order valence-corrected chi connectivity index (χ4v) is 2.52. The van der Waals surface area contributed by atoms with Crippen LogP contribution in [-0.2, 0) is 0 Å². The molecule has 13 heavy (non-hydrogen) atoms. The van der Waals surface area contributed by atoms with Gasteiger partial charge in [-0.05, 0) is 37.7 Å². The Morgan fingerprint density at radius 2 is 2.15 bits per heavy atom. The summed E-state index contributed by atoms with van der Waals surface area (Å²) in [5.41, 5.74) is 1.35. The van der Waals surface area contributed by atoms with Crippen LogP contribution in [-0.4, -0.2) is 11.1 Å². The van der Waals surface area contributed by atoms with Crippen molar-refractivity contribution in [2.24, 2.45) is 0 Å². The minimum Gasteiger partial charge on any atom is -0.126 e. The molecule has 0 saturated carbocycles. The van der Waals surface area contributed by atoms with Crippen LogP contribution in [0, 0.1) is 6.92 Å². The molecule has 0 saturated heterocycles. The fourth-order valence-electron chi connectivity index (χ4n) is 1.09. The fraction of sp³-hybridized carbons (Fsp3) is 0.455. The Bertz CT molecular complexity index is 248. The van der Waals surface area contributed by atoms with E-state index in [0.717, 1.165) is 5.33 Å². The van der Waals surface area contributed by atoms with Crippen LogP contribution in [0.15, 0.2) is 29.2 Å². The maximum absolute atomic E-state index is 3.44. The molecule has 0 fully saturated rings. The van der Waals surface area contributed by atoms with Crippen LogP contribution in [0.1, 0.15) is 18.4 Å². The maximum Gasteiger partial charge on any atom is 0.00745 e. The van der Waals surface area contributed by atoms with E-state index in [2.05, 4.69) is 47.1 Å². The highest BCUT2D eigenvalue weighted by Gasteiger charge is 1.93. The summed E-state index contributed by atoms with van der Waals surface area (Å²) < 4.78 is 0. The summed E-state index contributed by atoms with van der Waals surface area (Å²) in [6.45, 7) is 2.14. The number of unbranched alkanes of at least 4 members (excludes halogenated alkanes) is 1. The van der Waals surface area contributed by atoms with E-state index in [-0.39, 0.29) is 0 Å². The van der Waals surface area contributed by atoms with Crippen molar-refractivity contribution in [1.29, 1.82) is 0 Å². The number of benzene rings is 1. The summed E-state index contributed by atoms with van der Waals surface area (Å²) in [4.78, 5) is 1.40. The van der Waals surface area contributed by atoms with Gasteiger partial charge in [0.25, 0.3) is 0 Å². The van der Waals surface area contributed by atoms with Gasteiger partial charge in [0, 0.05) is 10.2 Å². The van der Waals surface area contributed by atoms with Crippen molar-refractivity contribution in [3.05, 3.63) is 29.8 Å². The summed E-state index contributed by atoms with van der Waals surface area (Å²) in [5, 5.41) is 1.13. The summed E-state index contributed by atoms with van der Waals surface area (Å²) >= 11 is 5.39. The molecule has 0 bridgehead atoms. The minimum absolute atomic E-state index is 1.13. The average Bonchev–Trinajstić information content (AvgIpc) is 2.13. The van der Waals surface area contributed by atoms with Gasteiger partial charge in [0.15, 0.2) is 0 Å². The topological polar surface area (TPSA) is 0 Å². The lowest BCUT2D eigenvalue weighted by Crippen LogP contribution is -1.82. The van der Waals surface area contributed by atoms with Crippen molar-refractivity contribution in [3.8, 4) is 0 Å². The molecule has 72 valence electrons. The molecule has 0 atom stereocenters. The quantitative estimate of drug-likeness (QED) is 0.432. The van der Waals surface area contributed by atoms with Gasteiger partial charge in [0.1, 0.15) is 0 Å². The van der Waals surface area contributed by atoms with Gasteiger partial charge in [-0.2, -0.15) is 0 Å². The van der Waals surface area contributed by atoms with E-state index in [1.807, 2.05) is 11.8 Å². The summed E-state index contributed by atoms with van der Waals surface area (Å²) in [7, 11) is 0. The third-order valence-corrected chi connectivity index (χ3v) is 3.43. The van der Waals surface area contributed by atoms with Crippen LogP contribution >= 0.6 is 27.7 Å². The SMILES string of the molecule is Cc1cccc(SCCCCBr)c1. The van der Waals surface area contributed by atoms with E-state index < -0.39 is 0 Å². The lowest BCUT2D eigenvalue weighted by Gasteiger charge is -2.01. The zero-order valence-electron chi connectivity index (χ0n) is 7.92. The van der Waals surface area contributed by atoms with Gasteiger partial charge in [0.2, 0.25) is 0 Å². The number of thioether (sulfide) groups is 1. The molecular weight excluding hydrogens is 244 g/mol. The summed E-state index contributed by atoms with van der Waals surface area (Å²) in [6, 6.07) is 8.70. The molecule has 0 aliphatic carbocycles. The Kier molecular flexibility index (Phi) is 5.56. The molecule has 2 heteroatoms. The van der Waals surface area contributed by atoms with Crippen LogP contribution in [0.5, 0.6) is 0 Å². The predicted molar refractivity (Wildman–Crippen MR) is 64.9 cm³/mol. The lowest BCUT2D eigenvalue weighted by atomic mass is 10.2. The first-order chi connectivity index (χ1) is 6.33. The predicted octanol–water partition coefficient (Wildman–Crippen LogP) is 4.26. The van der Waals surface area contributed by atoms with Gasteiger partial charge < -0.3 is 0 Å². The molecule has 1 aromatic rings. The summed E-state index contributed by atoms with van der Waals surface area (Å²) in [6.07, 6.45) is 2.57. The Hall–Kier alpha value is 0.0500. The number of hydrogen-bond donors (Lipinski definition) is 0. The highest BCUT2D eigenvalue weighted by molar-refractivity contribution is 9.09. The molecule has 0 unspecified atom stereocenters. The summed E-state index contributed by atoms with van der Waals surface area (Å²) in [5.74, 6) is 1.23. The second-order valence-electron chi connectivity index (χ2n) is 3.06. The first-order valence-electron chi connectivity index (χ1n) is 4.58. The smallest absolute Gasteiger partial charge is 0.00745 e. The Labute approximate surface area is 93.2 Å². The van der Waals surface area contributed by atoms with Gasteiger partial charge >= 0.3 is 0 Å². The zero-order valence-corrected chi connectivity index (χ0v) is 10.3. The van der Waals surface area contributed by atoms with E-state index in [4.69, 9.17) is 0 Å². The molecule has 0 aromatic heterocycles. The Morgan fingerprint density at radius 3 is 2.85 bits per heavy atom. The number of hydrogen-bond acceptors (Lipinski definition) is 1. The molecular formula is C11H15BrS. The van der Waals surface area contributed by atoms with Crippen molar-refractivity contribution in [2.75, 3.05) is 11.1 Å². The number of rotatable bonds is 5. The van der Waals surface area contributed by atoms with Crippen LogP contribution in [0.3, 0.4) is 0 Å². The molecule has 0 heterocycles. The van der Waals surface area contributed by atoms with Crippen molar-refractivity contribution in [1.82, 2.24) is 0 Å². The first kappa shape index (κ1) is 11.1. The monoisotopic (exact) mass is 258 g/mol. The van der Waals surface area contributed by atoms with E-state index >= 15 is 0 Å². The average molecular weight is 259 g/mol. The van der Waals surface area contributed by atoms with Crippen LogP contribution in [0.2, 0.25) is 0 Å². The van der Waals surface area contributed by atoms with E-state index in [1.165, 1.54) is 29.1 Å². The Balaban J connectivity index is 2.28. The van der Waals surface area contributed by atoms with Crippen molar-refractivity contribution < 1.29 is 0 Å². The minimum atomic E-state index is 1.13. The van der Waals surface area contributed by atoms with Gasteiger partial charge in [-0.25, -0.2) is 0 Å². The molecule has 1 aromatic carbocycles. The largest absolute Gasteiger partial charge is 0.126 e. The third kappa shape index (κ3) is 4.72. The van der Waals surface area contributed by atoms with Crippen LogP contribution in [0.4, 0.5) is 0 Å². The van der Waals surface area contributed by atoms with Gasteiger partial charge in [-0.15, -0.1) is 11.8 Å². The van der Waals surface area contributed by atoms with Gasteiger partial charge in [0.05, 0.1) is 0 Å². The van der Waals surface area contributed by atoms with Crippen molar-refractivity contribution in [2.45, 2.75) is 24.7 Å². The molecule has 0 amide bonds. The lowest BCUT2D eigenvalue weighted by molar-refractivity contribution is 0.913. The molecule has 0 spiro atoms. The van der Waals surface area contributed by atoms with E-state index in [1.54, 1.807) is 0 Å². The van der Waals surface area contributed by atoms with E-state index in [9.17, 15) is 0 Å². The highest BCUT2D eigenvalue weighted by Crippen LogP contribution is 2.20. The van der Waals surface area contributed by atoms with Crippen LogP contribution < -0.4 is 0 Å². The molecule has 0 N–H and O–H groups in total. The first-order valence-corrected chi connectivity index (χ1v) is 6.69. The number of aryl methyl sites for hydroxylation is 1. The molecule has 1 rings (SSSR count). The molecule has 0 aliphatic heterocycles. The standard InChI is InChI=1S/C11H15BrS/c1-10-5-4-6-11(9-10)13-8-3-2-7-12/h4-6,9H,2-3,7-8H2,1H3. The molecule has 0 radical (unpaired) electrons. The second-order valence-corrected chi connectivity index (χ2v) is 5.02. The van der Waals surface area contributed by atoms with Gasteiger partial charge in [-0.1, -0.05) is 33.6 Å². The number of alkyl halides is 1. The second kappa shape index (κ2) is 6.50. The van der Waals surface area contributed by atoms with Crippen LogP contribution in [0.25, 0.3) is 0 Å². The Morgan fingerprint density at radius 1 is 1.31 bits per heavy atom.